The van der Waals surface area contributed by atoms with Gasteiger partial charge >= 0.3 is 0 Å². The van der Waals surface area contributed by atoms with Crippen LogP contribution in [0.2, 0.25) is 5.02 Å². The summed E-state index contributed by atoms with van der Waals surface area (Å²) in [5, 5.41) is 14.6. The van der Waals surface area contributed by atoms with Crippen molar-refractivity contribution in [2.24, 2.45) is 0 Å². The third-order valence-electron chi connectivity index (χ3n) is 3.45. The van der Waals surface area contributed by atoms with Crippen molar-refractivity contribution >= 4 is 23.2 Å². The molecule has 0 radical (unpaired) electrons. The number of rotatable bonds is 2. The van der Waals surface area contributed by atoms with Gasteiger partial charge in [0.2, 0.25) is 0 Å². The van der Waals surface area contributed by atoms with E-state index in [4.69, 9.17) is 11.6 Å². The first-order valence-corrected chi connectivity index (χ1v) is 6.77. The number of hydrogen-bond donors (Lipinski definition) is 1. The molecule has 108 valence electrons. The lowest BCUT2D eigenvalue weighted by Gasteiger charge is -2.39. The van der Waals surface area contributed by atoms with Crippen LogP contribution in [-0.4, -0.2) is 40.9 Å². The van der Waals surface area contributed by atoms with Gasteiger partial charge in [-0.3, -0.25) is 14.9 Å². The first-order chi connectivity index (χ1) is 9.41. The number of hydrogen-bond acceptors (Lipinski definition) is 4. The van der Waals surface area contributed by atoms with Crippen molar-refractivity contribution < 1.29 is 9.72 Å². The molecule has 2 unspecified atom stereocenters. The predicted molar refractivity (Wildman–Crippen MR) is 76.1 cm³/mol. The summed E-state index contributed by atoms with van der Waals surface area (Å²) in [4.78, 5) is 24.8. The fourth-order valence-electron chi connectivity index (χ4n) is 2.51. The lowest BCUT2D eigenvalue weighted by Crippen LogP contribution is -2.57. The number of nitro groups is 1. The van der Waals surface area contributed by atoms with Gasteiger partial charge in [0, 0.05) is 36.3 Å². The van der Waals surface area contributed by atoms with Crippen molar-refractivity contribution in [2.75, 3.05) is 13.1 Å². The lowest BCUT2D eigenvalue weighted by atomic mass is 10.1. The van der Waals surface area contributed by atoms with E-state index in [1.807, 2.05) is 13.8 Å². The number of amides is 1. The van der Waals surface area contributed by atoms with Crippen LogP contribution in [0.4, 0.5) is 5.69 Å². The van der Waals surface area contributed by atoms with Crippen LogP contribution < -0.4 is 5.32 Å². The Kier molecular flexibility index (Phi) is 4.25. The Hall–Kier alpha value is -1.66. The number of nitrogens with zero attached hydrogens (tertiary/aromatic N) is 2. The van der Waals surface area contributed by atoms with Crippen molar-refractivity contribution in [3.05, 3.63) is 38.9 Å². The molecule has 0 bridgehead atoms. The Labute approximate surface area is 121 Å². The van der Waals surface area contributed by atoms with Gasteiger partial charge < -0.3 is 10.2 Å². The predicted octanol–water partition coefficient (Wildman–Crippen LogP) is 2.07. The summed E-state index contributed by atoms with van der Waals surface area (Å²) >= 11 is 5.77. The number of benzene rings is 1. The molecule has 0 saturated carbocycles. The average molecular weight is 298 g/mol. The van der Waals surface area contributed by atoms with Crippen molar-refractivity contribution in [3.63, 3.8) is 0 Å². The smallest absolute Gasteiger partial charge is 0.283 e. The van der Waals surface area contributed by atoms with Crippen LogP contribution in [0.25, 0.3) is 0 Å². The van der Waals surface area contributed by atoms with E-state index in [-0.39, 0.29) is 34.3 Å². The fraction of sp³-hybridized carbons (Fsp3) is 0.462. The summed E-state index contributed by atoms with van der Waals surface area (Å²) in [6.07, 6.45) is 0. The first-order valence-electron chi connectivity index (χ1n) is 6.39. The molecule has 1 aliphatic heterocycles. The molecule has 1 aromatic carbocycles. The molecule has 1 aliphatic rings. The highest BCUT2D eigenvalue weighted by atomic mass is 35.5. The minimum Gasteiger partial charge on any atom is -0.330 e. The Morgan fingerprint density at radius 2 is 2.00 bits per heavy atom. The number of halogens is 1. The lowest BCUT2D eigenvalue weighted by molar-refractivity contribution is -0.385. The van der Waals surface area contributed by atoms with Crippen LogP contribution in [0.1, 0.15) is 24.2 Å². The maximum Gasteiger partial charge on any atom is 0.283 e. The fourth-order valence-corrected chi connectivity index (χ4v) is 2.67. The molecular formula is C13H16ClN3O3. The molecular weight excluding hydrogens is 282 g/mol. The molecule has 1 saturated heterocycles. The maximum atomic E-state index is 12.6. The highest BCUT2D eigenvalue weighted by molar-refractivity contribution is 6.31. The van der Waals surface area contributed by atoms with E-state index in [9.17, 15) is 14.9 Å². The molecule has 2 atom stereocenters. The van der Waals surface area contributed by atoms with Crippen LogP contribution in [0.15, 0.2) is 18.2 Å². The second-order valence-electron chi connectivity index (χ2n) is 4.99. The van der Waals surface area contributed by atoms with Crippen molar-refractivity contribution in [1.29, 1.82) is 0 Å². The summed E-state index contributed by atoms with van der Waals surface area (Å²) in [5.41, 5.74) is -0.166. The molecule has 0 spiro atoms. The van der Waals surface area contributed by atoms with Gasteiger partial charge in [0.25, 0.3) is 11.6 Å². The summed E-state index contributed by atoms with van der Waals surface area (Å²) < 4.78 is 0. The second kappa shape index (κ2) is 5.76. The second-order valence-corrected chi connectivity index (χ2v) is 5.42. The van der Waals surface area contributed by atoms with E-state index in [1.54, 1.807) is 4.90 Å². The SMILES string of the molecule is CC1CNCC(C)N1C(=O)c1ccc(Cl)cc1[N+](=O)[O-]. The highest BCUT2D eigenvalue weighted by Gasteiger charge is 2.33. The zero-order valence-electron chi connectivity index (χ0n) is 11.3. The third kappa shape index (κ3) is 2.76. The van der Waals surface area contributed by atoms with Crippen LogP contribution in [-0.2, 0) is 0 Å². The molecule has 1 N–H and O–H groups in total. The molecule has 1 fully saturated rings. The van der Waals surface area contributed by atoms with E-state index in [1.165, 1.54) is 18.2 Å². The topological polar surface area (TPSA) is 75.5 Å². The molecule has 1 heterocycles. The molecule has 2 rings (SSSR count). The molecule has 1 aromatic rings. The van der Waals surface area contributed by atoms with Crippen molar-refractivity contribution in [1.82, 2.24) is 10.2 Å². The van der Waals surface area contributed by atoms with Gasteiger partial charge in [0.1, 0.15) is 5.56 Å². The Morgan fingerprint density at radius 1 is 1.40 bits per heavy atom. The van der Waals surface area contributed by atoms with Gasteiger partial charge in [-0.05, 0) is 26.0 Å². The zero-order valence-corrected chi connectivity index (χ0v) is 12.1. The Balaban J connectivity index is 2.40. The molecule has 0 aromatic heterocycles. The number of nitro benzene ring substituents is 1. The maximum absolute atomic E-state index is 12.6. The summed E-state index contributed by atoms with van der Waals surface area (Å²) in [5.74, 6) is -0.324. The summed E-state index contributed by atoms with van der Waals surface area (Å²) in [6.45, 7) is 5.19. The van der Waals surface area contributed by atoms with Gasteiger partial charge in [-0.25, -0.2) is 0 Å². The van der Waals surface area contributed by atoms with E-state index in [0.717, 1.165) is 0 Å². The van der Waals surface area contributed by atoms with Gasteiger partial charge in [0.05, 0.1) is 4.92 Å². The summed E-state index contributed by atoms with van der Waals surface area (Å²) in [6, 6.07) is 4.11. The van der Waals surface area contributed by atoms with Crippen LogP contribution in [0.3, 0.4) is 0 Å². The Morgan fingerprint density at radius 3 is 2.55 bits per heavy atom. The number of nitrogens with one attached hydrogen (secondary N) is 1. The van der Waals surface area contributed by atoms with E-state index >= 15 is 0 Å². The third-order valence-corrected chi connectivity index (χ3v) is 3.69. The van der Waals surface area contributed by atoms with Gasteiger partial charge in [0.15, 0.2) is 0 Å². The monoisotopic (exact) mass is 297 g/mol. The Bertz CT molecular complexity index is 540. The van der Waals surface area contributed by atoms with Crippen LogP contribution >= 0.6 is 11.6 Å². The standard InChI is InChI=1S/C13H16ClN3O3/c1-8-6-15-7-9(2)16(8)13(18)11-4-3-10(14)5-12(11)17(19)20/h3-5,8-9,15H,6-7H2,1-2H3. The van der Waals surface area contributed by atoms with Crippen molar-refractivity contribution in [2.45, 2.75) is 25.9 Å². The van der Waals surface area contributed by atoms with E-state index in [2.05, 4.69) is 5.32 Å². The van der Waals surface area contributed by atoms with E-state index in [0.29, 0.717) is 13.1 Å². The zero-order chi connectivity index (χ0) is 14.9. The summed E-state index contributed by atoms with van der Waals surface area (Å²) in [7, 11) is 0. The minimum atomic E-state index is -0.573. The van der Waals surface area contributed by atoms with Gasteiger partial charge in [-0.1, -0.05) is 11.6 Å². The highest BCUT2D eigenvalue weighted by Crippen LogP contribution is 2.26. The number of carbonyl (C=O) groups is 1. The number of piperazine rings is 1. The van der Waals surface area contributed by atoms with Crippen molar-refractivity contribution in [3.8, 4) is 0 Å². The first kappa shape index (κ1) is 14.7. The largest absolute Gasteiger partial charge is 0.330 e. The van der Waals surface area contributed by atoms with Crippen LogP contribution in [0, 0.1) is 10.1 Å². The minimum absolute atomic E-state index is 0.0125. The molecule has 0 aliphatic carbocycles. The normalized spacial score (nSPS) is 22.6. The molecule has 6 nitrogen and oxygen atoms in total. The average Bonchev–Trinajstić information content (AvgIpc) is 2.38. The van der Waals surface area contributed by atoms with Gasteiger partial charge in [-0.2, -0.15) is 0 Å². The van der Waals surface area contributed by atoms with E-state index < -0.39 is 4.92 Å². The van der Waals surface area contributed by atoms with Gasteiger partial charge in [-0.15, -0.1) is 0 Å². The van der Waals surface area contributed by atoms with Crippen LogP contribution in [0.5, 0.6) is 0 Å². The molecule has 20 heavy (non-hydrogen) atoms. The quantitative estimate of drug-likeness (QED) is 0.670. The molecule has 1 amide bonds. The number of carbonyl (C=O) groups excluding carboxylic acids is 1. The molecule has 7 heteroatoms.